The third-order valence-corrected chi connectivity index (χ3v) is 2.24. The molecule has 0 saturated heterocycles. The number of anilines is 2. The van der Waals surface area contributed by atoms with E-state index < -0.39 is 0 Å². The van der Waals surface area contributed by atoms with Crippen LogP contribution in [0.4, 0.5) is 11.6 Å². The Morgan fingerprint density at radius 2 is 2.12 bits per heavy atom. The van der Waals surface area contributed by atoms with Gasteiger partial charge in [-0.15, -0.1) is 0 Å². The van der Waals surface area contributed by atoms with Crippen LogP contribution in [0.2, 0.25) is 0 Å². The van der Waals surface area contributed by atoms with Gasteiger partial charge in [0.15, 0.2) is 0 Å². The molecule has 1 rings (SSSR count). The number of likely N-dealkylation sites (N-methyl/N-ethyl adjacent to an activating group) is 1. The molecule has 6 nitrogen and oxygen atoms in total. The molecule has 2 N–H and O–H groups in total. The third-order valence-electron chi connectivity index (χ3n) is 2.24. The highest BCUT2D eigenvalue weighted by Crippen LogP contribution is 2.06. The summed E-state index contributed by atoms with van der Waals surface area (Å²) >= 11 is 0. The van der Waals surface area contributed by atoms with Crippen LogP contribution in [0.5, 0.6) is 0 Å². The molecular formula is C10H17N5O. The second-order valence-corrected chi connectivity index (χ2v) is 3.30. The van der Waals surface area contributed by atoms with E-state index in [-0.39, 0.29) is 12.5 Å². The van der Waals surface area contributed by atoms with Crippen LogP contribution in [-0.4, -0.2) is 48.0 Å². The van der Waals surface area contributed by atoms with Crippen molar-refractivity contribution in [1.82, 2.24) is 14.9 Å². The number of hydrogen-bond donors (Lipinski definition) is 2. The average molecular weight is 223 g/mol. The van der Waals surface area contributed by atoms with Crippen molar-refractivity contribution in [2.75, 3.05) is 37.8 Å². The van der Waals surface area contributed by atoms with Gasteiger partial charge in [-0.25, -0.2) is 9.97 Å². The largest absolute Gasteiger partial charge is 0.373 e. The molecule has 1 aromatic heterocycles. The summed E-state index contributed by atoms with van der Waals surface area (Å²) < 4.78 is 0. The zero-order valence-corrected chi connectivity index (χ0v) is 9.82. The van der Waals surface area contributed by atoms with Crippen molar-refractivity contribution in [2.24, 2.45) is 0 Å². The smallest absolute Gasteiger partial charge is 0.241 e. The molecule has 0 radical (unpaired) electrons. The summed E-state index contributed by atoms with van der Waals surface area (Å²) in [6.07, 6.45) is 1.45. The fourth-order valence-electron chi connectivity index (χ4n) is 1.07. The molecule has 0 fully saturated rings. The van der Waals surface area contributed by atoms with Gasteiger partial charge in [-0.2, -0.15) is 0 Å². The van der Waals surface area contributed by atoms with E-state index in [1.54, 1.807) is 25.1 Å². The maximum Gasteiger partial charge on any atom is 0.241 e. The number of nitrogens with one attached hydrogen (secondary N) is 2. The maximum atomic E-state index is 11.5. The standard InChI is InChI=1S/C10H17N5O/c1-4-15(3)10(16)6-12-9-5-8(11-2)13-7-14-9/h5,7H,4,6H2,1-3H3,(H2,11,12,13,14). The van der Waals surface area contributed by atoms with Crippen molar-refractivity contribution in [3.63, 3.8) is 0 Å². The van der Waals surface area contributed by atoms with Gasteiger partial charge < -0.3 is 15.5 Å². The lowest BCUT2D eigenvalue weighted by atomic mass is 10.4. The molecule has 6 heteroatoms. The highest BCUT2D eigenvalue weighted by molar-refractivity contribution is 5.80. The second kappa shape index (κ2) is 5.89. The number of hydrogen-bond acceptors (Lipinski definition) is 5. The van der Waals surface area contributed by atoms with Crippen molar-refractivity contribution in [3.8, 4) is 0 Å². The van der Waals surface area contributed by atoms with Gasteiger partial charge in [0.25, 0.3) is 0 Å². The van der Waals surface area contributed by atoms with E-state index in [1.165, 1.54) is 6.33 Å². The van der Waals surface area contributed by atoms with Gasteiger partial charge in [-0.1, -0.05) is 0 Å². The third kappa shape index (κ3) is 3.38. The Morgan fingerprint density at radius 1 is 1.44 bits per heavy atom. The number of rotatable bonds is 5. The van der Waals surface area contributed by atoms with Crippen molar-refractivity contribution in [3.05, 3.63) is 12.4 Å². The molecular weight excluding hydrogens is 206 g/mol. The molecule has 0 aliphatic carbocycles. The van der Waals surface area contributed by atoms with Gasteiger partial charge in [0.2, 0.25) is 5.91 Å². The normalized spacial score (nSPS) is 9.69. The van der Waals surface area contributed by atoms with E-state index in [4.69, 9.17) is 0 Å². The topological polar surface area (TPSA) is 70.2 Å². The van der Waals surface area contributed by atoms with E-state index in [2.05, 4.69) is 20.6 Å². The lowest BCUT2D eigenvalue weighted by Crippen LogP contribution is -2.32. The van der Waals surface area contributed by atoms with Crippen LogP contribution in [-0.2, 0) is 4.79 Å². The summed E-state index contributed by atoms with van der Waals surface area (Å²) in [5, 5.41) is 5.85. The average Bonchev–Trinajstić information content (AvgIpc) is 2.35. The zero-order chi connectivity index (χ0) is 12.0. The van der Waals surface area contributed by atoms with E-state index >= 15 is 0 Å². The summed E-state index contributed by atoms with van der Waals surface area (Å²) in [7, 11) is 3.55. The zero-order valence-electron chi connectivity index (χ0n) is 9.82. The number of aromatic nitrogens is 2. The molecule has 0 unspecified atom stereocenters. The summed E-state index contributed by atoms with van der Waals surface area (Å²) in [5.74, 6) is 1.39. The first kappa shape index (κ1) is 12.2. The van der Waals surface area contributed by atoms with Crippen molar-refractivity contribution >= 4 is 17.5 Å². The van der Waals surface area contributed by atoms with Crippen LogP contribution in [0.25, 0.3) is 0 Å². The fraction of sp³-hybridized carbons (Fsp3) is 0.500. The van der Waals surface area contributed by atoms with Crippen LogP contribution in [0, 0.1) is 0 Å². The molecule has 0 aliphatic rings. The maximum absolute atomic E-state index is 11.5. The van der Waals surface area contributed by atoms with Gasteiger partial charge in [-0.3, -0.25) is 4.79 Å². The SMILES string of the molecule is CCN(C)C(=O)CNc1cc(NC)ncn1. The Hall–Kier alpha value is -1.85. The van der Waals surface area contributed by atoms with Gasteiger partial charge >= 0.3 is 0 Å². The predicted octanol–water partition coefficient (Wildman–Crippen LogP) is 0.408. The minimum absolute atomic E-state index is 0.0344. The summed E-state index contributed by atoms with van der Waals surface area (Å²) in [6.45, 7) is 2.87. The summed E-state index contributed by atoms with van der Waals surface area (Å²) in [5.41, 5.74) is 0. The lowest BCUT2D eigenvalue weighted by molar-refractivity contribution is -0.127. The molecule has 0 aliphatic heterocycles. The number of amides is 1. The van der Waals surface area contributed by atoms with Crippen LogP contribution in [0.15, 0.2) is 12.4 Å². The lowest BCUT2D eigenvalue weighted by Gasteiger charge is -2.14. The number of carbonyl (C=O) groups excluding carboxylic acids is 1. The molecule has 1 heterocycles. The van der Waals surface area contributed by atoms with Crippen LogP contribution >= 0.6 is 0 Å². The molecule has 0 aromatic carbocycles. The summed E-state index contributed by atoms with van der Waals surface area (Å²) in [4.78, 5) is 21.1. The van der Waals surface area contributed by atoms with E-state index in [0.29, 0.717) is 18.2 Å². The highest BCUT2D eigenvalue weighted by atomic mass is 16.2. The van der Waals surface area contributed by atoms with Crippen LogP contribution in [0.1, 0.15) is 6.92 Å². The highest BCUT2D eigenvalue weighted by Gasteiger charge is 2.06. The minimum Gasteiger partial charge on any atom is -0.373 e. The molecule has 88 valence electrons. The molecule has 0 spiro atoms. The Kier molecular flexibility index (Phi) is 4.50. The Morgan fingerprint density at radius 3 is 2.75 bits per heavy atom. The van der Waals surface area contributed by atoms with E-state index in [1.807, 2.05) is 6.92 Å². The quantitative estimate of drug-likeness (QED) is 0.756. The van der Waals surface area contributed by atoms with Gasteiger partial charge in [0, 0.05) is 26.7 Å². The molecule has 1 amide bonds. The molecule has 0 bridgehead atoms. The first-order valence-electron chi connectivity index (χ1n) is 5.15. The second-order valence-electron chi connectivity index (χ2n) is 3.30. The Balaban J connectivity index is 2.51. The fourth-order valence-corrected chi connectivity index (χ4v) is 1.07. The van der Waals surface area contributed by atoms with Crippen LogP contribution < -0.4 is 10.6 Å². The monoisotopic (exact) mass is 223 g/mol. The number of carbonyl (C=O) groups is 1. The predicted molar refractivity (Wildman–Crippen MR) is 63.4 cm³/mol. The Bertz CT molecular complexity index is 355. The van der Waals surface area contributed by atoms with Crippen molar-refractivity contribution in [2.45, 2.75) is 6.92 Å². The van der Waals surface area contributed by atoms with Crippen molar-refractivity contribution in [1.29, 1.82) is 0 Å². The van der Waals surface area contributed by atoms with E-state index in [0.717, 1.165) is 0 Å². The van der Waals surface area contributed by atoms with Gasteiger partial charge in [0.1, 0.15) is 18.0 Å². The molecule has 1 aromatic rings. The molecule has 0 saturated carbocycles. The van der Waals surface area contributed by atoms with Crippen LogP contribution in [0.3, 0.4) is 0 Å². The molecule has 0 atom stereocenters. The van der Waals surface area contributed by atoms with Gasteiger partial charge in [0.05, 0.1) is 6.54 Å². The minimum atomic E-state index is 0.0344. The Labute approximate surface area is 95.1 Å². The van der Waals surface area contributed by atoms with E-state index in [9.17, 15) is 4.79 Å². The molecule has 16 heavy (non-hydrogen) atoms. The summed E-state index contributed by atoms with van der Waals surface area (Å²) in [6, 6.07) is 1.75. The first-order chi connectivity index (χ1) is 7.67. The van der Waals surface area contributed by atoms with Crippen molar-refractivity contribution < 1.29 is 4.79 Å². The van der Waals surface area contributed by atoms with Gasteiger partial charge in [-0.05, 0) is 6.92 Å². The number of nitrogens with zero attached hydrogens (tertiary/aromatic N) is 3. The first-order valence-corrected chi connectivity index (χ1v) is 5.15.